The maximum absolute atomic E-state index is 12.8. The fourth-order valence-electron chi connectivity index (χ4n) is 4.34. The number of hydrogen-bond donors (Lipinski definition) is 1. The van der Waals surface area contributed by atoms with Crippen LogP contribution in [0, 0.1) is 5.41 Å². The van der Waals surface area contributed by atoms with Crippen molar-refractivity contribution < 1.29 is 19.4 Å². The number of ether oxygens (including phenoxy) is 2. The molecule has 0 radical (unpaired) electrons. The maximum atomic E-state index is 12.8. The van der Waals surface area contributed by atoms with Crippen molar-refractivity contribution in [1.82, 2.24) is 0 Å². The predicted molar refractivity (Wildman–Crippen MR) is 72.2 cm³/mol. The number of aliphatic hydroxyl groups is 1. The van der Waals surface area contributed by atoms with E-state index in [-0.39, 0.29) is 17.3 Å². The van der Waals surface area contributed by atoms with Crippen LogP contribution in [0.15, 0.2) is 22.8 Å². The molecule has 3 atom stereocenters. The van der Waals surface area contributed by atoms with Gasteiger partial charge in [0.15, 0.2) is 5.78 Å². The number of ketones is 1. The number of rotatable bonds is 0. The topological polar surface area (TPSA) is 55.8 Å². The zero-order chi connectivity index (χ0) is 14.3. The van der Waals surface area contributed by atoms with Gasteiger partial charge in [-0.1, -0.05) is 5.57 Å². The van der Waals surface area contributed by atoms with Crippen LogP contribution in [-0.2, 0) is 14.3 Å². The predicted octanol–water partition coefficient (Wildman–Crippen LogP) is 1.53. The molecule has 1 saturated carbocycles. The summed E-state index contributed by atoms with van der Waals surface area (Å²) in [5, 5.41) is 10.8. The quantitative estimate of drug-likeness (QED) is 0.729. The average molecular weight is 276 g/mol. The van der Waals surface area contributed by atoms with Gasteiger partial charge in [-0.3, -0.25) is 4.79 Å². The number of fused-ring (bicyclic) bond motifs is 3. The Labute approximate surface area is 118 Å². The zero-order valence-corrected chi connectivity index (χ0v) is 12.2. The summed E-state index contributed by atoms with van der Waals surface area (Å²) in [6.07, 6.45) is 3.41. The molecule has 4 rings (SSSR count). The van der Waals surface area contributed by atoms with Crippen LogP contribution in [0.5, 0.6) is 0 Å². The van der Waals surface area contributed by atoms with Crippen molar-refractivity contribution >= 4 is 5.78 Å². The summed E-state index contributed by atoms with van der Waals surface area (Å²) in [6.45, 7) is 6.76. The highest BCUT2D eigenvalue weighted by Gasteiger charge is 2.67. The molecule has 0 amide bonds. The van der Waals surface area contributed by atoms with Crippen LogP contribution < -0.4 is 0 Å². The second-order valence-electron chi connectivity index (χ2n) is 6.86. The van der Waals surface area contributed by atoms with E-state index >= 15 is 0 Å². The number of Topliss-reactive ketones (excluding diaryl/α,β-unsaturated/α-hetero) is 1. The van der Waals surface area contributed by atoms with Gasteiger partial charge in [0.2, 0.25) is 0 Å². The van der Waals surface area contributed by atoms with Gasteiger partial charge in [0.05, 0.1) is 13.2 Å². The van der Waals surface area contributed by atoms with Crippen LogP contribution in [0.4, 0.5) is 0 Å². The molecule has 0 aromatic rings. The molecule has 4 heteroatoms. The minimum absolute atomic E-state index is 0.168. The first-order valence-corrected chi connectivity index (χ1v) is 7.31. The minimum Gasteiger partial charge on any atom is -0.381 e. The monoisotopic (exact) mass is 276 g/mol. The summed E-state index contributed by atoms with van der Waals surface area (Å²) in [5.41, 5.74) is 0.461. The lowest BCUT2D eigenvalue weighted by Crippen LogP contribution is -2.51. The molecule has 20 heavy (non-hydrogen) atoms. The average Bonchev–Trinajstić information content (AvgIpc) is 3.14. The van der Waals surface area contributed by atoms with E-state index in [0.29, 0.717) is 18.8 Å². The number of carbonyl (C=O) groups excluding carboxylic acids is 1. The van der Waals surface area contributed by atoms with Crippen LogP contribution in [0.25, 0.3) is 0 Å². The van der Waals surface area contributed by atoms with Gasteiger partial charge < -0.3 is 14.6 Å². The first-order chi connectivity index (χ1) is 9.33. The molecule has 108 valence electrons. The van der Waals surface area contributed by atoms with Gasteiger partial charge in [-0.25, -0.2) is 0 Å². The van der Waals surface area contributed by atoms with Gasteiger partial charge in [-0.05, 0) is 45.3 Å². The summed E-state index contributed by atoms with van der Waals surface area (Å²) in [5.74, 6) is -0.168. The molecule has 0 unspecified atom stereocenters. The van der Waals surface area contributed by atoms with Crippen LogP contribution >= 0.6 is 0 Å². The molecular formula is C16H20O4. The van der Waals surface area contributed by atoms with Crippen molar-refractivity contribution in [3.63, 3.8) is 0 Å². The van der Waals surface area contributed by atoms with Crippen LogP contribution in [0.1, 0.15) is 33.6 Å². The van der Waals surface area contributed by atoms with Gasteiger partial charge >= 0.3 is 0 Å². The molecule has 0 aromatic heterocycles. The van der Waals surface area contributed by atoms with Gasteiger partial charge in [0.25, 0.3) is 0 Å². The fourth-order valence-corrected chi connectivity index (χ4v) is 4.34. The summed E-state index contributed by atoms with van der Waals surface area (Å²) >= 11 is 0. The Kier molecular flexibility index (Phi) is 2.19. The van der Waals surface area contributed by atoms with E-state index in [9.17, 15) is 9.90 Å². The second-order valence-corrected chi connectivity index (χ2v) is 6.86. The Balaban J connectivity index is 1.95. The molecule has 4 nitrogen and oxygen atoms in total. The van der Waals surface area contributed by atoms with Crippen molar-refractivity contribution in [2.24, 2.45) is 5.41 Å². The molecule has 1 saturated heterocycles. The van der Waals surface area contributed by atoms with Crippen molar-refractivity contribution in [3.05, 3.63) is 22.8 Å². The molecule has 1 spiro atoms. The fraction of sp³-hybridized carbons (Fsp3) is 0.688. The summed E-state index contributed by atoms with van der Waals surface area (Å²) in [4.78, 5) is 12.8. The number of carbonyl (C=O) groups is 1. The first-order valence-electron chi connectivity index (χ1n) is 7.31. The van der Waals surface area contributed by atoms with Crippen molar-refractivity contribution in [2.45, 2.75) is 50.9 Å². The molecule has 3 aliphatic carbocycles. The molecule has 4 aliphatic rings. The summed E-state index contributed by atoms with van der Waals surface area (Å²) in [7, 11) is 0. The Morgan fingerprint density at radius 2 is 2.00 bits per heavy atom. The third kappa shape index (κ3) is 1.21. The lowest BCUT2D eigenvalue weighted by atomic mass is 9.67. The van der Waals surface area contributed by atoms with E-state index in [2.05, 4.69) is 0 Å². The highest BCUT2D eigenvalue weighted by Crippen LogP contribution is 2.65. The van der Waals surface area contributed by atoms with Gasteiger partial charge in [-0.2, -0.15) is 0 Å². The van der Waals surface area contributed by atoms with E-state index < -0.39 is 11.2 Å². The Bertz CT molecular complexity index is 579. The minimum atomic E-state index is -1.30. The smallest absolute Gasteiger partial charge is 0.195 e. The normalized spacial score (nSPS) is 45.3. The third-order valence-corrected chi connectivity index (χ3v) is 5.78. The van der Waals surface area contributed by atoms with Crippen LogP contribution in [-0.4, -0.2) is 41.4 Å². The molecule has 1 heterocycles. The Morgan fingerprint density at radius 1 is 1.30 bits per heavy atom. The summed E-state index contributed by atoms with van der Waals surface area (Å²) in [6, 6.07) is 0. The van der Waals surface area contributed by atoms with E-state index in [4.69, 9.17) is 9.47 Å². The third-order valence-electron chi connectivity index (χ3n) is 5.78. The zero-order valence-electron chi connectivity index (χ0n) is 12.2. The first kappa shape index (κ1) is 12.7. The standard InChI is InChI=1S/C16H20O4/c1-9-11-10(8-14(2)13(11)19-6-7-20-14)12(17)15(3,18)16(9)4-5-16/h8,13,18H,4-7H2,1-3H3/t13-,14+,15-/m0/s1. The molecule has 1 N–H and O–H groups in total. The van der Waals surface area contributed by atoms with Crippen molar-refractivity contribution in [2.75, 3.05) is 13.2 Å². The van der Waals surface area contributed by atoms with E-state index in [1.54, 1.807) is 6.92 Å². The summed E-state index contributed by atoms with van der Waals surface area (Å²) < 4.78 is 11.8. The SMILES string of the molecule is CC1=C2C(=C[C@@]3(C)OCCO[C@@H]23)C(=O)[C@](C)(O)C12CC2. The van der Waals surface area contributed by atoms with Crippen molar-refractivity contribution in [3.8, 4) is 0 Å². The van der Waals surface area contributed by atoms with Crippen LogP contribution in [0.2, 0.25) is 0 Å². The maximum Gasteiger partial charge on any atom is 0.195 e. The molecule has 0 aromatic carbocycles. The Hall–Kier alpha value is -0.970. The van der Waals surface area contributed by atoms with Gasteiger partial charge in [0.1, 0.15) is 17.3 Å². The lowest BCUT2D eigenvalue weighted by Gasteiger charge is -2.41. The van der Waals surface area contributed by atoms with E-state index in [1.165, 1.54) is 0 Å². The van der Waals surface area contributed by atoms with Gasteiger partial charge in [-0.15, -0.1) is 0 Å². The Morgan fingerprint density at radius 3 is 2.65 bits per heavy atom. The lowest BCUT2D eigenvalue weighted by molar-refractivity contribution is -0.153. The van der Waals surface area contributed by atoms with Crippen LogP contribution in [0.3, 0.4) is 0 Å². The highest BCUT2D eigenvalue weighted by molar-refractivity contribution is 6.09. The second kappa shape index (κ2) is 3.43. The molecular weight excluding hydrogens is 256 g/mol. The highest BCUT2D eigenvalue weighted by atomic mass is 16.6. The van der Waals surface area contributed by atoms with E-state index in [0.717, 1.165) is 24.0 Å². The van der Waals surface area contributed by atoms with Gasteiger partial charge in [0, 0.05) is 11.0 Å². The molecule has 1 aliphatic heterocycles. The molecule has 2 fully saturated rings. The van der Waals surface area contributed by atoms with E-state index in [1.807, 2.05) is 19.9 Å². The molecule has 0 bridgehead atoms. The number of hydrogen-bond acceptors (Lipinski definition) is 4. The van der Waals surface area contributed by atoms with Crippen molar-refractivity contribution in [1.29, 1.82) is 0 Å². The largest absolute Gasteiger partial charge is 0.381 e.